The van der Waals surface area contributed by atoms with Gasteiger partial charge in [0.1, 0.15) is 0 Å². The lowest BCUT2D eigenvalue weighted by molar-refractivity contribution is 0.477. The van der Waals surface area contributed by atoms with Crippen molar-refractivity contribution in [1.29, 1.82) is 0 Å². The predicted molar refractivity (Wildman–Crippen MR) is 84.2 cm³/mol. The molecule has 0 spiro atoms. The summed E-state index contributed by atoms with van der Waals surface area (Å²) in [4.78, 5) is 1.08. The van der Waals surface area contributed by atoms with Gasteiger partial charge in [0.2, 0.25) is 0 Å². The van der Waals surface area contributed by atoms with Gasteiger partial charge in [0.15, 0.2) is 0 Å². The van der Waals surface area contributed by atoms with Crippen molar-refractivity contribution >= 4 is 35.0 Å². The van der Waals surface area contributed by atoms with Crippen LogP contribution in [0.2, 0.25) is 10.0 Å². The maximum Gasteiger partial charge on any atom is 0.0542 e. The molecule has 0 saturated carbocycles. The fraction of sp³-hybridized carbons (Fsp3) is 0.571. The third kappa shape index (κ3) is 5.83. The van der Waals surface area contributed by atoms with Gasteiger partial charge < -0.3 is 5.32 Å². The lowest BCUT2D eigenvalue weighted by Crippen LogP contribution is -2.28. The molecule has 0 amide bonds. The minimum atomic E-state index is 0.644. The summed E-state index contributed by atoms with van der Waals surface area (Å²) in [5.41, 5.74) is 0. The standard InChI is InChI=1S/C14H21Cl2NS/c1-3-12(17-4-2)6-5-9-18-14-10-11(15)7-8-13(14)16/h7-8,10,12,17H,3-6,9H2,1-2H3. The van der Waals surface area contributed by atoms with E-state index in [1.807, 2.05) is 18.2 Å². The van der Waals surface area contributed by atoms with Gasteiger partial charge in [0, 0.05) is 16.0 Å². The summed E-state index contributed by atoms with van der Waals surface area (Å²) in [6.45, 7) is 5.43. The minimum Gasteiger partial charge on any atom is -0.314 e. The van der Waals surface area contributed by atoms with Crippen LogP contribution in [0.15, 0.2) is 23.1 Å². The first kappa shape index (κ1) is 16.2. The lowest BCUT2D eigenvalue weighted by Gasteiger charge is -2.15. The molecule has 1 aromatic carbocycles. The molecule has 1 aromatic rings. The van der Waals surface area contributed by atoms with Crippen LogP contribution in [0.4, 0.5) is 0 Å². The number of hydrogen-bond acceptors (Lipinski definition) is 2. The smallest absolute Gasteiger partial charge is 0.0542 e. The molecule has 18 heavy (non-hydrogen) atoms. The molecule has 1 atom stereocenters. The SMILES string of the molecule is CCNC(CC)CCCSc1cc(Cl)ccc1Cl. The van der Waals surface area contributed by atoms with Crippen molar-refractivity contribution in [2.24, 2.45) is 0 Å². The highest BCUT2D eigenvalue weighted by Gasteiger charge is 2.05. The van der Waals surface area contributed by atoms with Crippen LogP contribution in [-0.4, -0.2) is 18.3 Å². The Morgan fingerprint density at radius 3 is 2.72 bits per heavy atom. The minimum absolute atomic E-state index is 0.644. The molecular weight excluding hydrogens is 285 g/mol. The van der Waals surface area contributed by atoms with Crippen LogP contribution in [0.3, 0.4) is 0 Å². The first-order valence-corrected chi connectivity index (χ1v) is 8.22. The van der Waals surface area contributed by atoms with Gasteiger partial charge >= 0.3 is 0 Å². The molecular formula is C14H21Cl2NS. The Kier molecular flexibility index (Phi) is 8.16. The van der Waals surface area contributed by atoms with Crippen LogP contribution in [0.5, 0.6) is 0 Å². The van der Waals surface area contributed by atoms with Gasteiger partial charge in [-0.2, -0.15) is 0 Å². The second-order valence-corrected chi connectivity index (χ2v) is 6.21. The summed E-state index contributed by atoms with van der Waals surface area (Å²) in [6, 6.07) is 6.27. The molecule has 0 radical (unpaired) electrons. The molecule has 102 valence electrons. The van der Waals surface area contributed by atoms with E-state index >= 15 is 0 Å². The molecule has 0 fully saturated rings. The molecule has 0 aromatic heterocycles. The van der Waals surface area contributed by atoms with E-state index in [2.05, 4.69) is 19.2 Å². The Morgan fingerprint density at radius 1 is 1.28 bits per heavy atom. The number of thioether (sulfide) groups is 1. The van der Waals surface area contributed by atoms with Crippen molar-refractivity contribution in [2.45, 2.75) is 44.0 Å². The van der Waals surface area contributed by atoms with Gasteiger partial charge in [0.05, 0.1) is 5.02 Å². The van der Waals surface area contributed by atoms with Gasteiger partial charge in [-0.25, -0.2) is 0 Å². The molecule has 4 heteroatoms. The molecule has 0 aliphatic heterocycles. The third-order valence-electron chi connectivity index (χ3n) is 2.83. The lowest BCUT2D eigenvalue weighted by atomic mass is 10.1. The maximum absolute atomic E-state index is 6.12. The van der Waals surface area contributed by atoms with Gasteiger partial charge in [-0.15, -0.1) is 11.8 Å². The number of nitrogens with one attached hydrogen (secondary N) is 1. The summed E-state index contributed by atoms with van der Waals surface area (Å²) in [6.07, 6.45) is 3.60. The Morgan fingerprint density at radius 2 is 2.06 bits per heavy atom. The van der Waals surface area contributed by atoms with Gasteiger partial charge in [0.25, 0.3) is 0 Å². The van der Waals surface area contributed by atoms with Crippen molar-refractivity contribution < 1.29 is 0 Å². The molecule has 0 heterocycles. The number of hydrogen-bond donors (Lipinski definition) is 1. The third-order valence-corrected chi connectivity index (χ3v) is 4.65. The second-order valence-electron chi connectivity index (χ2n) is 4.23. The Bertz CT molecular complexity index is 358. The molecule has 1 rings (SSSR count). The topological polar surface area (TPSA) is 12.0 Å². The molecule has 0 aliphatic carbocycles. The van der Waals surface area contributed by atoms with Crippen LogP contribution < -0.4 is 5.32 Å². The fourth-order valence-corrected chi connectivity index (χ4v) is 3.30. The van der Waals surface area contributed by atoms with E-state index in [4.69, 9.17) is 23.2 Å². The summed E-state index contributed by atoms with van der Waals surface area (Å²) in [5, 5.41) is 5.04. The number of rotatable bonds is 8. The fourth-order valence-electron chi connectivity index (χ4n) is 1.84. The van der Waals surface area contributed by atoms with E-state index in [1.54, 1.807) is 11.8 Å². The maximum atomic E-state index is 6.12. The zero-order chi connectivity index (χ0) is 13.4. The van der Waals surface area contributed by atoms with Crippen LogP contribution >= 0.6 is 35.0 Å². The summed E-state index contributed by atoms with van der Waals surface area (Å²) < 4.78 is 0. The molecule has 0 saturated heterocycles. The van der Waals surface area contributed by atoms with Crippen molar-refractivity contribution in [3.8, 4) is 0 Å². The monoisotopic (exact) mass is 305 g/mol. The van der Waals surface area contributed by atoms with Crippen LogP contribution in [0.1, 0.15) is 33.1 Å². The predicted octanol–water partition coefficient (Wildman–Crippen LogP) is 5.25. The van der Waals surface area contributed by atoms with Crippen molar-refractivity contribution in [2.75, 3.05) is 12.3 Å². The van der Waals surface area contributed by atoms with Gasteiger partial charge in [-0.05, 0) is 49.8 Å². The first-order chi connectivity index (χ1) is 8.67. The van der Waals surface area contributed by atoms with Crippen molar-refractivity contribution in [3.63, 3.8) is 0 Å². The van der Waals surface area contributed by atoms with Gasteiger partial charge in [-0.3, -0.25) is 0 Å². The highest BCUT2D eigenvalue weighted by atomic mass is 35.5. The average Bonchev–Trinajstić information content (AvgIpc) is 2.37. The first-order valence-electron chi connectivity index (χ1n) is 6.48. The zero-order valence-corrected chi connectivity index (χ0v) is 13.3. The largest absolute Gasteiger partial charge is 0.314 e. The molecule has 0 bridgehead atoms. The van der Waals surface area contributed by atoms with Gasteiger partial charge in [-0.1, -0.05) is 37.0 Å². The zero-order valence-electron chi connectivity index (χ0n) is 11.0. The van der Waals surface area contributed by atoms with E-state index in [1.165, 1.54) is 19.3 Å². The number of halogens is 2. The van der Waals surface area contributed by atoms with E-state index in [-0.39, 0.29) is 0 Å². The van der Waals surface area contributed by atoms with E-state index in [0.717, 1.165) is 27.2 Å². The number of benzene rings is 1. The normalized spacial score (nSPS) is 12.7. The van der Waals surface area contributed by atoms with Crippen LogP contribution in [0, 0.1) is 0 Å². The van der Waals surface area contributed by atoms with Crippen molar-refractivity contribution in [3.05, 3.63) is 28.2 Å². The summed E-state index contributed by atoms with van der Waals surface area (Å²) in [5.74, 6) is 1.09. The molecule has 1 unspecified atom stereocenters. The van der Waals surface area contributed by atoms with E-state index in [9.17, 15) is 0 Å². The Hall–Kier alpha value is 0.110. The Labute approximate surface area is 125 Å². The van der Waals surface area contributed by atoms with E-state index < -0.39 is 0 Å². The van der Waals surface area contributed by atoms with Crippen LogP contribution in [0.25, 0.3) is 0 Å². The average molecular weight is 306 g/mol. The van der Waals surface area contributed by atoms with E-state index in [0.29, 0.717) is 6.04 Å². The molecule has 1 nitrogen and oxygen atoms in total. The highest BCUT2D eigenvalue weighted by molar-refractivity contribution is 7.99. The molecule has 1 N–H and O–H groups in total. The quantitative estimate of drug-likeness (QED) is 0.520. The van der Waals surface area contributed by atoms with Crippen molar-refractivity contribution in [1.82, 2.24) is 5.32 Å². The summed E-state index contributed by atoms with van der Waals surface area (Å²) in [7, 11) is 0. The molecule has 0 aliphatic rings. The Balaban J connectivity index is 2.31. The highest BCUT2D eigenvalue weighted by Crippen LogP contribution is 2.30. The summed E-state index contributed by atoms with van der Waals surface area (Å²) >= 11 is 13.9. The van der Waals surface area contributed by atoms with Crippen LogP contribution in [-0.2, 0) is 0 Å². The second kappa shape index (κ2) is 9.08.